The van der Waals surface area contributed by atoms with Crippen LogP contribution in [0.3, 0.4) is 0 Å². The lowest BCUT2D eigenvalue weighted by Crippen LogP contribution is -1.82. The Labute approximate surface area is 141 Å². The van der Waals surface area contributed by atoms with Crippen molar-refractivity contribution in [3.05, 3.63) is 0 Å². The van der Waals surface area contributed by atoms with E-state index < -0.39 is 5.24 Å². The van der Waals surface area contributed by atoms with Gasteiger partial charge in [0.05, 0.1) is 0 Å². The summed E-state index contributed by atoms with van der Waals surface area (Å²) < 4.78 is 0. The average Bonchev–Trinajstić information content (AvgIpc) is 2.50. The van der Waals surface area contributed by atoms with E-state index in [0.717, 1.165) is 12.8 Å². The zero-order valence-electron chi connectivity index (χ0n) is 13.8. The summed E-state index contributed by atoms with van der Waals surface area (Å²) in [5.74, 6) is 15.2. The van der Waals surface area contributed by atoms with Crippen molar-refractivity contribution in [3.8, 4) is 35.5 Å². The first-order chi connectivity index (χ1) is 10.8. The molecule has 0 radical (unpaired) electrons. The molecule has 0 aromatic heterocycles. The SMILES string of the molecule is CCCCCCCCCCCCCC#CC#CC#CC(=O)Cl. The minimum atomic E-state index is -0.691. The van der Waals surface area contributed by atoms with Gasteiger partial charge in [-0.1, -0.05) is 77.1 Å². The Bertz CT molecular complexity index is 459. The van der Waals surface area contributed by atoms with Gasteiger partial charge in [-0.2, -0.15) is 0 Å². The molecule has 0 heterocycles. The fraction of sp³-hybridized carbons (Fsp3) is 0.650. The first-order valence-electron chi connectivity index (χ1n) is 8.45. The maximum absolute atomic E-state index is 10.3. The van der Waals surface area contributed by atoms with Gasteiger partial charge in [0, 0.05) is 12.3 Å². The van der Waals surface area contributed by atoms with Crippen LogP contribution >= 0.6 is 11.6 Å². The second kappa shape index (κ2) is 17.7. The Morgan fingerprint density at radius 3 is 1.77 bits per heavy atom. The van der Waals surface area contributed by atoms with Gasteiger partial charge < -0.3 is 0 Å². The number of carbonyl (C=O) groups excluding carboxylic acids is 1. The lowest BCUT2D eigenvalue weighted by atomic mass is 10.1. The molecule has 1 nitrogen and oxygen atoms in total. The van der Waals surface area contributed by atoms with Crippen molar-refractivity contribution in [2.75, 3.05) is 0 Å². The molecule has 0 aromatic carbocycles. The molecular weight excluding hydrogens is 292 g/mol. The maximum Gasteiger partial charge on any atom is 0.297 e. The lowest BCUT2D eigenvalue weighted by Gasteiger charge is -2.01. The molecule has 0 rings (SSSR count). The van der Waals surface area contributed by atoms with Crippen LogP contribution in [0.1, 0.15) is 84.0 Å². The molecule has 0 unspecified atom stereocenters. The molecule has 0 aliphatic rings. The zero-order valence-corrected chi connectivity index (χ0v) is 14.5. The Kier molecular flexibility index (Phi) is 16.6. The fourth-order valence-corrected chi connectivity index (χ4v) is 2.17. The number of halogens is 1. The third kappa shape index (κ3) is 18.6. The Morgan fingerprint density at radius 1 is 0.727 bits per heavy atom. The Hall–Kier alpha value is -1.36. The van der Waals surface area contributed by atoms with Crippen molar-refractivity contribution in [2.24, 2.45) is 0 Å². The summed E-state index contributed by atoms with van der Waals surface area (Å²) in [6.45, 7) is 2.26. The van der Waals surface area contributed by atoms with Gasteiger partial charge in [-0.05, 0) is 41.7 Å². The standard InChI is InChI=1S/C20H27ClO/c1-2-3-4-5-6-7-8-9-10-11-12-13-14-15-16-17-18-19-20(21)22/h2-13H2,1H3. The van der Waals surface area contributed by atoms with Gasteiger partial charge in [0.2, 0.25) is 0 Å². The molecule has 0 spiro atoms. The van der Waals surface area contributed by atoms with Crippen LogP contribution in [0.25, 0.3) is 0 Å². The summed E-state index contributed by atoms with van der Waals surface area (Å²) in [5, 5.41) is -0.691. The van der Waals surface area contributed by atoms with Crippen molar-refractivity contribution in [1.29, 1.82) is 0 Å². The van der Waals surface area contributed by atoms with E-state index in [0.29, 0.717) is 0 Å². The molecule has 0 amide bonds. The smallest absolute Gasteiger partial charge is 0.266 e. The summed E-state index contributed by atoms with van der Waals surface area (Å²) >= 11 is 5.03. The van der Waals surface area contributed by atoms with Gasteiger partial charge in [0.25, 0.3) is 5.24 Å². The molecule has 22 heavy (non-hydrogen) atoms. The number of rotatable bonds is 11. The van der Waals surface area contributed by atoms with E-state index >= 15 is 0 Å². The van der Waals surface area contributed by atoms with Crippen LogP contribution in [-0.4, -0.2) is 5.24 Å². The van der Waals surface area contributed by atoms with Crippen LogP contribution in [0.15, 0.2) is 0 Å². The normalized spacial score (nSPS) is 8.82. The maximum atomic E-state index is 10.3. The van der Waals surface area contributed by atoms with E-state index in [-0.39, 0.29) is 0 Å². The van der Waals surface area contributed by atoms with Crippen molar-refractivity contribution in [1.82, 2.24) is 0 Å². The predicted octanol–water partition coefficient (Wildman–Crippen LogP) is 5.46. The quantitative estimate of drug-likeness (QED) is 0.281. The van der Waals surface area contributed by atoms with Gasteiger partial charge >= 0.3 is 0 Å². The van der Waals surface area contributed by atoms with Gasteiger partial charge in [-0.3, -0.25) is 4.79 Å². The van der Waals surface area contributed by atoms with E-state index in [9.17, 15) is 4.79 Å². The van der Waals surface area contributed by atoms with E-state index in [1.54, 1.807) is 0 Å². The molecule has 2 heteroatoms. The first kappa shape index (κ1) is 20.6. The highest BCUT2D eigenvalue weighted by Gasteiger charge is 1.92. The molecule has 0 saturated heterocycles. The molecule has 0 bridgehead atoms. The van der Waals surface area contributed by atoms with Crippen molar-refractivity contribution < 1.29 is 4.79 Å². The van der Waals surface area contributed by atoms with Crippen LogP contribution in [0.4, 0.5) is 0 Å². The van der Waals surface area contributed by atoms with E-state index in [2.05, 4.69) is 42.4 Å². The first-order valence-corrected chi connectivity index (χ1v) is 8.83. The monoisotopic (exact) mass is 318 g/mol. The topological polar surface area (TPSA) is 17.1 Å². The molecule has 0 fully saturated rings. The van der Waals surface area contributed by atoms with Crippen molar-refractivity contribution >= 4 is 16.8 Å². The van der Waals surface area contributed by atoms with Gasteiger partial charge in [0.1, 0.15) is 0 Å². The van der Waals surface area contributed by atoms with Crippen LogP contribution < -0.4 is 0 Å². The number of carbonyl (C=O) groups is 1. The summed E-state index contributed by atoms with van der Waals surface area (Å²) in [6.07, 6.45) is 15.6. The Balaban J connectivity index is 3.31. The van der Waals surface area contributed by atoms with Crippen LogP contribution in [0, 0.1) is 35.5 Å². The molecule has 0 saturated carbocycles. The predicted molar refractivity (Wildman–Crippen MR) is 95.3 cm³/mol. The van der Waals surface area contributed by atoms with Crippen molar-refractivity contribution in [3.63, 3.8) is 0 Å². The van der Waals surface area contributed by atoms with Crippen LogP contribution in [0.2, 0.25) is 0 Å². The highest BCUT2D eigenvalue weighted by molar-refractivity contribution is 6.68. The third-order valence-corrected chi connectivity index (χ3v) is 3.44. The van der Waals surface area contributed by atoms with Gasteiger partial charge in [0.15, 0.2) is 0 Å². The third-order valence-electron chi connectivity index (χ3n) is 3.34. The molecule has 0 aliphatic carbocycles. The molecular formula is C20H27ClO. The minimum Gasteiger partial charge on any atom is -0.266 e. The van der Waals surface area contributed by atoms with Gasteiger partial charge in [-0.15, -0.1) is 0 Å². The molecule has 0 aromatic rings. The zero-order chi connectivity index (χ0) is 16.3. The van der Waals surface area contributed by atoms with Crippen molar-refractivity contribution in [2.45, 2.75) is 84.0 Å². The van der Waals surface area contributed by atoms with Gasteiger partial charge in [-0.25, -0.2) is 0 Å². The fourth-order valence-electron chi connectivity index (χ4n) is 2.13. The second-order valence-corrected chi connectivity index (χ2v) is 5.70. The summed E-state index contributed by atoms with van der Waals surface area (Å²) in [6, 6.07) is 0. The minimum absolute atomic E-state index is 0.691. The summed E-state index contributed by atoms with van der Waals surface area (Å²) in [7, 11) is 0. The van der Waals surface area contributed by atoms with E-state index in [1.807, 2.05) is 0 Å². The lowest BCUT2D eigenvalue weighted by molar-refractivity contribution is -0.106. The number of hydrogen-bond acceptors (Lipinski definition) is 1. The second-order valence-electron chi connectivity index (χ2n) is 5.36. The Morgan fingerprint density at radius 2 is 1.23 bits per heavy atom. The highest BCUT2D eigenvalue weighted by Crippen LogP contribution is 2.11. The van der Waals surface area contributed by atoms with E-state index in [4.69, 9.17) is 11.6 Å². The average molecular weight is 319 g/mol. The number of unbranched alkanes of at least 4 members (excludes halogenated alkanes) is 11. The van der Waals surface area contributed by atoms with E-state index in [1.165, 1.54) is 64.2 Å². The molecule has 120 valence electrons. The molecule has 0 aliphatic heterocycles. The highest BCUT2D eigenvalue weighted by atomic mass is 35.5. The van der Waals surface area contributed by atoms with Crippen LogP contribution in [-0.2, 0) is 4.79 Å². The summed E-state index contributed by atoms with van der Waals surface area (Å²) in [5.41, 5.74) is 0. The summed E-state index contributed by atoms with van der Waals surface area (Å²) in [4.78, 5) is 10.3. The number of hydrogen-bond donors (Lipinski definition) is 0. The largest absolute Gasteiger partial charge is 0.297 e. The molecule has 0 atom stereocenters. The molecule has 0 N–H and O–H groups in total. The van der Waals surface area contributed by atoms with Crippen LogP contribution in [0.5, 0.6) is 0 Å².